The number of nitrogens with zero attached hydrogens (tertiary/aromatic N) is 3. The quantitative estimate of drug-likeness (QED) is 0.755. The number of aryl methyl sites for hydroxylation is 1. The molecule has 86 valence electrons. The van der Waals surface area contributed by atoms with Crippen molar-refractivity contribution < 1.29 is 17.6 Å². The fourth-order valence-corrected chi connectivity index (χ4v) is 0.905. The lowest BCUT2D eigenvalue weighted by Crippen LogP contribution is -2.38. The first-order chi connectivity index (χ1) is 6.93. The second-order valence-corrected chi connectivity index (χ2v) is 3.01. The highest BCUT2D eigenvalue weighted by molar-refractivity contribution is 4.92. The van der Waals surface area contributed by atoms with Crippen LogP contribution in [-0.2, 0) is 13.6 Å². The molecule has 0 saturated heterocycles. The smallest absolute Gasteiger partial charge is 0.305 e. The Morgan fingerprint density at radius 1 is 1.53 bits per heavy atom. The normalized spacial score (nSPS) is 12.4. The van der Waals surface area contributed by atoms with E-state index in [9.17, 15) is 17.6 Å². The van der Waals surface area contributed by atoms with Gasteiger partial charge in [0.05, 0.1) is 18.4 Å². The van der Waals surface area contributed by atoms with Gasteiger partial charge in [0.15, 0.2) is 0 Å². The van der Waals surface area contributed by atoms with Gasteiger partial charge in [0.2, 0.25) is 0 Å². The van der Waals surface area contributed by atoms with Crippen molar-refractivity contribution in [1.82, 2.24) is 20.3 Å². The molecule has 0 radical (unpaired) electrons. The highest BCUT2D eigenvalue weighted by Gasteiger charge is 2.39. The molecule has 0 aliphatic carbocycles. The number of hydrogen-bond donors (Lipinski definition) is 1. The number of halogens is 4. The molecule has 1 aromatic heterocycles. The van der Waals surface area contributed by atoms with Crippen molar-refractivity contribution in [3.8, 4) is 0 Å². The van der Waals surface area contributed by atoms with Gasteiger partial charge >= 0.3 is 12.3 Å². The molecule has 1 heterocycles. The Bertz CT molecular complexity index is 312. The Hall–Kier alpha value is -1.18. The molecule has 0 bridgehead atoms. The number of hydrogen-bond acceptors (Lipinski definition) is 3. The van der Waals surface area contributed by atoms with E-state index in [0.717, 1.165) is 0 Å². The van der Waals surface area contributed by atoms with Crippen molar-refractivity contribution >= 4 is 0 Å². The summed E-state index contributed by atoms with van der Waals surface area (Å²) in [6, 6.07) is 0. The molecule has 0 saturated carbocycles. The van der Waals surface area contributed by atoms with Crippen molar-refractivity contribution in [3.63, 3.8) is 0 Å². The van der Waals surface area contributed by atoms with E-state index >= 15 is 0 Å². The number of nitrogens with one attached hydrogen (secondary N) is 1. The summed E-state index contributed by atoms with van der Waals surface area (Å²) in [6.45, 7) is -1.05. The van der Waals surface area contributed by atoms with Gasteiger partial charge in [0, 0.05) is 13.6 Å². The largest absolute Gasteiger partial charge is 0.319 e. The van der Waals surface area contributed by atoms with Crippen molar-refractivity contribution in [2.24, 2.45) is 7.05 Å². The van der Waals surface area contributed by atoms with Crippen molar-refractivity contribution in [2.45, 2.75) is 18.9 Å². The SMILES string of the molecule is Cn1nncc1CNCC(F)(F)C(F)F. The molecule has 0 amide bonds. The first-order valence-corrected chi connectivity index (χ1v) is 4.13. The van der Waals surface area contributed by atoms with Gasteiger partial charge in [-0.1, -0.05) is 5.21 Å². The van der Waals surface area contributed by atoms with Crippen LogP contribution in [0.25, 0.3) is 0 Å². The van der Waals surface area contributed by atoms with Gasteiger partial charge in [-0.15, -0.1) is 5.10 Å². The Kier molecular flexibility index (Phi) is 3.61. The third-order valence-corrected chi connectivity index (χ3v) is 1.79. The fraction of sp³-hybridized carbons (Fsp3) is 0.714. The summed E-state index contributed by atoms with van der Waals surface area (Å²) in [7, 11) is 1.58. The van der Waals surface area contributed by atoms with Crippen LogP contribution in [0.4, 0.5) is 17.6 Å². The Morgan fingerprint density at radius 3 is 2.67 bits per heavy atom. The summed E-state index contributed by atoms with van der Waals surface area (Å²) in [5, 5.41) is 9.29. The molecule has 0 aromatic carbocycles. The molecule has 0 fully saturated rings. The predicted octanol–water partition coefficient (Wildman–Crippen LogP) is 0.805. The average Bonchev–Trinajstić information content (AvgIpc) is 2.51. The summed E-state index contributed by atoms with van der Waals surface area (Å²) >= 11 is 0. The lowest BCUT2D eigenvalue weighted by atomic mass is 10.3. The highest BCUT2D eigenvalue weighted by Crippen LogP contribution is 2.21. The molecule has 0 unspecified atom stereocenters. The van der Waals surface area contributed by atoms with E-state index in [1.807, 2.05) is 0 Å². The van der Waals surface area contributed by atoms with E-state index in [1.165, 1.54) is 10.9 Å². The van der Waals surface area contributed by atoms with Crippen LogP contribution in [-0.4, -0.2) is 33.9 Å². The van der Waals surface area contributed by atoms with Crippen LogP contribution < -0.4 is 5.32 Å². The van der Waals surface area contributed by atoms with Crippen LogP contribution in [0.1, 0.15) is 5.69 Å². The summed E-state index contributed by atoms with van der Waals surface area (Å²) < 4.78 is 49.7. The molecule has 1 N–H and O–H groups in total. The first kappa shape index (κ1) is 11.9. The minimum atomic E-state index is -4.01. The van der Waals surface area contributed by atoms with E-state index in [1.54, 1.807) is 7.05 Å². The van der Waals surface area contributed by atoms with E-state index < -0.39 is 18.9 Å². The van der Waals surface area contributed by atoms with E-state index in [2.05, 4.69) is 15.6 Å². The number of alkyl halides is 4. The molecule has 15 heavy (non-hydrogen) atoms. The standard InChI is InChI=1S/C7H10F4N4/c1-15-5(3-13-14-15)2-12-4-7(10,11)6(8)9/h3,6,12H,2,4H2,1H3. The van der Waals surface area contributed by atoms with Crippen LogP contribution in [0.2, 0.25) is 0 Å². The molecular weight excluding hydrogens is 216 g/mol. The molecule has 1 rings (SSSR count). The van der Waals surface area contributed by atoms with Gasteiger partial charge in [0.25, 0.3) is 0 Å². The van der Waals surface area contributed by atoms with Crippen molar-refractivity contribution in [3.05, 3.63) is 11.9 Å². The van der Waals surface area contributed by atoms with Crippen LogP contribution in [0, 0.1) is 0 Å². The fourth-order valence-electron chi connectivity index (χ4n) is 0.905. The van der Waals surface area contributed by atoms with Gasteiger partial charge in [-0.2, -0.15) is 8.78 Å². The first-order valence-electron chi connectivity index (χ1n) is 4.13. The monoisotopic (exact) mass is 226 g/mol. The Morgan fingerprint density at radius 2 is 2.20 bits per heavy atom. The zero-order valence-electron chi connectivity index (χ0n) is 7.92. The second-order valence-electron chi connectivity index (χ2n) is 3.01. The van der Waals surface area contributed by atoms with Gasteiger partial charge in [-0.05, 0) is 0 Å². The maximum absolute atomic E-state index is 12.4. The van der Waals surface area contributed by atoms with Crippen molar-refractivity contribution in [2.75, 3.05) is 6.54 Å². The van der Waals surface area contributed by atoms with Crippen LogP contribution >= 0.6 is 0 Å². The van der Waals surface area contributed by atoms with E-state index in [-0.39, 0.29) is 6.54 Å². The number of rotatable bonds is 5. The summed E-state index contributed by atoms with van der Waals surface area (Å²) in [5.41, 5.74) is 0.542. The molecule has 4 nitrogen and oxygen atoms in total. The zero-order chi connectivity index (χ0) is 11.5. The Labute approximate surface area is 83.3 Å². The molecule has 0 spiro atoms. The van der Waals surface area contributed by atoms with E-state index in [0.29, 0.717) is 5.69 Å². The number of aromatic nitrogens is 3. The molecule has 8 heteroatoms. The topological polar surface area (TPSA) is 42.7 Å². The maximum atomic E-state index is 12.4. The Balaban J connectivity index is 2.37. The molecule has 0 aliphatic rings. The molecule has 1 aromatic rings. The maximum Gasteiger partial charge on any atom is 0.319 e. The third-order valence-electron chi connectivity index (χ3n) is 1.79. The average molecular weight is 226 g/mol. The van der Waals surface area contributed by atoms with Gasteiger partial charge in [0.1, 0.15) is 0 Å². The zero-order valence-corrected chi connectivity index (χ0v) is 7.92. The van der Waals surface area contributed by atoms with Gasteiger partial charge in [-0.25, -0.2) is 8.78 Å². The lowest BCUT2D eigenvalue weighted by molar-refractivity contribution is -0.125. The third kappa shape index (κ3) is 3.15. The van der Waals surface area contributed by atoms with Crippen LogP contribution in [0.3, 0.4) is 0 Å². The summed E-state index contributed by atoms with van der Waals surface area (Å²) in [4.78, 5) is 0. The minimum Gasteiger partial charge on any atom is -0.305 e. The molecule has 0 atom stereocenters. The van der Waals surface area contributed by atoms with Gasteiger partial charge < -0.3 is 5.32 Å². The van der Waals surface area contributed by atoms with Crippen LogP contribution in [0.15, 0.2) is 6.20 Å². The summed E-state index contributed by atoms with van der Waals surface area (Å²) in [5.74, 6) is -4.01. The predicted molar refractivity (Wildman–Crippen MR) is 43.7 cm³/mol. The van der Waals surface area contributed by atoms with E-state index in [4.69, 9.17) is 0 Å². The summed E-state index contributed by atoms with van der Waals surface area (Å²) in [6.07, 6.45) is -2.29. The molecular formula is C7H10F4N4. The van der Waals surface area contributed by atoms with Crippen molar-refractivity contribution in [1.29, 1.82) is 0 Å². The highest BCUT2D eigenvalue weighted by atomic mass is 19.3. The lowest BCUT2D eigenvalue weighted by Gasteiger charge is -2.15. The van der Waals surface area contributed by atoms with Gasteiger partial charge in [-0.3, -0.25) is 4.68 Å². The minimum absolute atomic E-state index is 0.0197. The molecule has 0 aliphatic heterocycles. The van der Waals surface area contributed by atoms with Crippen LogP contribution in [0.5, 0.6) is 0 Å². The second kappa shape index (κ2) is 4.56.